The number of rotatable bonds is 4. The van der Waals surface area contributed by atoms with Crippen LogP contribution in [0.15, 0.2) is 205 Å². The van der Waals surface area contributed by atoms with Gasteiger partial charge in [0.2, 0.25) is 0 Å². The summed E-state index contributed by atoms with van der Waals surface area (Å²) in [6.45, 7) is 27.9. The van der Waals surface area contributed by atoms with Crippen LogP contribution in [-0.2, 0) is 21.7 Å². The topological polar surface area (TPSA) is 29.5 Å². The zero-order chi connectivity index (χ0) is 56.5. The normalized spacial score (nSPS) is 13.8. The van der Waals surface area contributed by atoms with Crippen LogP contribution in [0.1, 0.15) is 105 Å². The Balaban J connectivity index is 1.18. The molecular formula is C76H69BN4O. The predicted molar refractivity (Wildman–Crippen MR) is 351 cm³/mol. The van der Waals surface area contributed by atoms with E-state index in [9.17, 15) is 0 Å². The Morgan fingerprint density at radius 2 is 0.829 bits per heavy atom. The maximum Gasteiger partial charge on any atom is 0.252 e. The first-order valence-electron chi connectivity index (χ1n) is 29.4. The van der Waals surface area contributed by atoms with E-state index >= 15 is 0 Å². The lowest BCUT2D eigenvalue weighted by molar-refractivity contribution is 0.589. The molecule has 15 rings (SSSR count). The zero-order valence-corrected chi connectivity index (χ0v) is 49.3. The van der Waals surface area contributed by atoms with Crippen molar-refractivity contribution in [2.75, 3.05) is 9.80 Å². The molecular weight excluding hydrogens is 996 g/mol. The molecule has 2 aliphatic rings. The minimum absolute atomic E-state index is 0.00418. The summed E-state index contributed by atoms with van der Waals surface area (Å²) < 4.78 is 12.2. The molecule has 10 aromatic carbocycles. The molecule has 0 saturated carbocycles. The van der Waals surface area contributed by atoms with Crippen LogP contribution < -0.4 is 26.2 Å². The van der Waals surface area contributed by atoms with Gasteiger partial charge in [-0.2, -0.15) is 0 Å². The second-order valence-corrected chi connectivity index (χ2v) is 27.4. The summed E-state index contributed by atoms with van der Waals surface area (Å²) in [4.78, 5) is 5.26. The largest absolute Gasteiger partial charge is 0.454 e. The lowest BCUT2D eigenvalue weighted by Crippen LogP contribution is -2.61. The van der Waals surface area contributed by atoms with Gasteiger partial charge in [-0.1, -0.05) is 204 Å². The molecule has 0 bridgehead atoms. The van der Waals surface area contributed by atoms with E-state index in [1.54, 1.807) is 0 Å². The minimum atomic E-state index is -0.196. The van der Waals surface area contributed by atoms with Gasteiger partial charge in [-0.3, -0.25) is 0 Å². The van der Waals surface area contributed by atoms with E-state index < -0.39 is 0 Å². The SMILES string of the molecule is CC(C)(C)c1ccc(N2c3ccc(C(C)(C)C)cc3B3c4cc(-n5c6ccccc6c6ccccc65)c5c(c4N(c4ccc(C(C)(C)C)cc4)c4cc(C(C)(C)C)cc2c43)c2ccccc2n5-c2cccc3c2oc2ccccc23)cc1. The quantitative estimate of drug-likeness (QED) is 0.165. The molecule has 3 aromatic heterocycles. The van der Waals surface area contributed by atoms with Gasteiger partial charge in [-0.15, -0.1) is 0 Å². The summed E-state index contributed by atoms with van der Waals surface area (Å²) in [6, 6.07) is 76.3. The number of nitrogens with zero attached hydrogens (tertiary/aromatic N) is 4. The van der Waals surface area contributed by atoms with Gasteiger partial charge in [0.15, 0.2) is 5.58 Å². The van der Waals surface area contributed by atoms with E-state index in [2.05, 4.69) is 302 Å². The first kappa shape index (κ1) is 50.2. The molecule has 6 heteroatoms. The fraction of sp³-hybridized carbons (Fsp3) is 0.211. The van der Waals surface area contributed by atoms with Crippen molar-refractivity contribution >= 4 is 123 Å². The highest BCUT2D eigenvalue weighted by atomic mass is 16.3. The summed E-state index contributed by atoms with van der Waals surface area (Å²) in [6.07, 6.45) is 0. The second kappa shape index (κ2) is 17.4. The molecule has 0 N–H and O–H groups in total. The standard InChI is InChI=1S/C76H69BN4O/c1-73(2,3)46-32-37-50(38-33-46)78-62-41-36-48(75(7,8)9)42-57(62)77-58-45-66(80-59-27-17-13-22-52(59)53-23-14-18-28-60(53)80)71-68(56-25-15-19-29-61(56)81(71)63-30-21-26-55-54-24-16-20-31-67(54)82-72(55)63)70(58)79(51-39-34-47(35-40-51)74(4,5)6)65-44-49(76(10,11)12)43-64(78)69(65)77/h13-45H,1-12H3. The lowest BCUT2D eigenvalue weighted by atomic mass is 9.33. The van der Waals surface area contributed by atoms with Crippen LogP contribution in [-0.4, -0.2) is 15.8 Å². The number of anilines is 6. The van der Waals surface area contributed by atoms with Crippen molar-refractivity contribution in [3.63, 3.8) is 0 Å². The van der Waals surface area contributed by atoms with Crippen molar-refractivity contribution in [1.29, 1.82) is 0 Å². The second-order valence-electron chi connectivity index (χ2n) is 27.4. The Kier molecular flexibility index (Phi) is 10.7. The minimum Gasteiger partial charge on any atom is -0.454 e. The zero-order valence-electron chi connectivity index (χ0n) is 49.3. The van der Waals surface area contributed by atoms with Gasteiger partial charge in [-0.25, -0.2) is 0 Å². The fourth-order valence-electron chi connectivity index (χ4n) is 13.8. The van der Waals surface area contributed by atoms with Crippen molar-refractivity contribution < 1.29 is 4.42 Å². The number of furan rings is 1. The van der Waals surface area contributed by atoms with E-state index in [1.165, 1.54) is 82.9 Å². The molecule has 402 valence electrons. The molecule has 0 aliphatic carbocycles. The number of benzene rings is 10. The molecule has 5 nitrogen and oxygen atoms in total. The molecule has 0 amide bonds. The molecule has 2 aliphatic heterocycles. The average Bonchev–Trinajstić information content (AvgIpc) is 1.29. The molecule has 0 fully saturated rings. The summed E-state index contributed by atoms with van der Waals surface area (Å²) in [5.74, 6) is 0. The Morgan fingerprint density at radius 3 is 1.41 bits per heavy atom. The third-order valence-electron chi connectivity index (χ3n) is 18.1. The number of hydrogen-bond donors (Lipinski definition) is 0. The van der Waals surface area contributed by atoms with Crippen LogP contribution in [0.2, 0.25) is 0 Å². The first-order valence-corrected chi connectivity index (χ1v) is 29.4. The molecule has 0 spiro atoms. The summed E-state index contributed by atoms with van der Waals surface area (Å²) in [5.41, 5.74) is 24.2. The molecule has 0 radical (unpaired) electrons. The van der Waals surface area contributed by atoms with Crippen LogP contribution in [0, 0.1) is 0 Å². The van der Waals surface area contributed by atoms with Gasteiger partial charge < -0.3 is 23.4 Å². The Hall–Kier alpha value is -8.74. The molecule has 13 aromatic rings. The summed E-state index contributed by atoms with van der Waals surface area (Å²) in [7, 11) is 0. The number of hydrogen-bond acceptors (Lipinski definition) is 3. The van der Waals surface area contributed by atoms with Gasteiger partial charge >= 0.3 is 0 Å². The molecule has 82 heavy (non-hydrogen) atoms. The average molecular weight is 1070 g/mol. The first-order chi connectivity index (χ1) is 39.2. The highest BCUT2D eigenvalue weighted by molar-refractivity contribution is 7.00. The van der Waals surface area contributed by atoms with Gasteiger partial charge in [-0.05, 0) is 139 Å². The predicted octanol–water partition coefficient (Wildman–Crippen LogP) is 19.1. The van der Waals surface area contributed by atoms with Crippen LogP contribution in [0.5, 0.6) is 0 Å². The van der Waals surface area contributed by atoms with E-state index in [0.717, 1.165) is 66.8 Å². The third kappa shape index (κ3) is 7.39. The number of aromatic nitrogens is 2. The Labute approximate surface area is 482 Å². The van der Waals surface area contributed by atoms with E-state index in [-0.39, 0.29) is 28.4 Å². The van der Waals surface area contributed by atoms with E-state index in [0.29, 0.717) is 0 Å². The molecule has 0 saturated heterocycles. The van der Waals surface area contributed by atoms with Crippen LogP contribution >= 0.6 is 0 Å². The maximum absolute atomic E-state index is 7.07. The van der Waals surface area contributed by atoms with Crippen molar-refractivity contribution in [3.8, 4) is 11.4 Å². The van der Waals surface area contributed by atoms with E-state index in [4.69, 9.17) is 4.42 Å². The van der Waals surface area contributed by atoms with Gasteiger partial charge in [0.1, 0.15) is 5.58 Å². The monoisotopic (exact) mass is 1060 g/mol. The van der Waals surface area contributed by atoms with Gasteiger partial charge in [0, 0.05) is 60.8 Å². The van der Waals surface area contributed by atoms with E-state index in [1.807, 2.05) is 0 Å². The van der Waals surface area contributed by atoms with Crippen molar-refractivity contribution in [3.05, 3.63) is 222 Å². The van der Waals surface area contributed by atoms with Crippen molar-refractivity contribution in [2.45, 2.75) is 105 Å². The Bertz CT molecular complexity index is 4740. The Morgan fingerprint density at radius 1 is 0.341 bits per heavy atom. The van der Waals surface area contributed by atoms with Gasteiger partial charge in [0.05, 0.1) is 39.1 Å². The number of para-hydroxylation sites is 5. The van der Waals surface area contributed by atoms with Crippen molar-refractivity contribution in [2.24, 2.45) is 0 Å². The molecule has 0 unspecified atom stereocenters. The number of fused-ring (bicyclic) bond motifs is 14. The highest BCUT2D eigenvalue weighted by Crippen LogP contribution is 2.52. The summed E-state index contributed by atoms with van der Waals surface area (Å²) >= 11 is 0. The smallest absolute Gasteiger partial charge is 0.252 e. The molecule has 5 heterocycles. The van der Waals surface area contributed by atoms with Crippen LogP contribution in [0.3, 0.4) is 0 Å². The summed E-state index contributed by atoms with van der Waals surface area (Å²) in [5, 5.41) is 7.02. The maximum atomic E-state index is 7.07. The lowest BCUT2D eigenvalue weighted by Gasteiger charge is -2.46. The van der Waals surface area contributed by atoms with Crippen LogP contribution in [0.4, 0.5) is 34.1 Å². The fourth-order valence-corrected chi connectivity index (χ4v) is 13.8. The van der Waals surface area contributed by atoms with Crippen LogP contribution in [0.25, 0.3) is 76.9 Å². The van der Waals surface area contributed by atoms with Gasteiger partial charge in [0.25, 0.3) is 6.71 Å². The highest BCUT2D eigenvalue weighted by Gasteiger charge is 2.47. The molecule has 0 atom stereocenters. The van der Waals surface area contributed by atoms with Crippen molar-refractivity contribution in [1.82, 2.24) is 9.13 Å². The third-order valence-corrected chi connectivity index (χ3v) is 18.1.